The third kappa shape index (κ3) is 4.09. The minimum atomic E-state index is 0.257. The lowest BCUT2D eigenvalue weighted by atomic mass is 10.3. The van der Waals surface area contributed by atoms with Crippen molar-refractivity contribution in [1.82, 2.24) is 0 Å². The lowest BCUT2D eigenvalue weighted by Gasteiger charge is -2.01. The summed E-state index contributed by atoms with van der Waals surface area (Å²) in [4.78, 5) is 0. The molecule has 0 spiro atoms. The first kappa shape index (κ1) is 10.6. The molecule has 0 radical (unpaired) electrons. The van der Waals surface area contributed by atoms with E-state index in [9.17, 15) is 0 Å². The van der Waals surface area contributed by atoms with Crippen LogP contribution in [0.3, 0.4) is 0 Å². The molecule has 1 N–H and O–H groups in total. The molecule has 0 aliphatic heterocycles. The van der Waals surface area contributed by atoms with Crippen LogP contribution in [-0.2, 0) is 4.74 Å². The fourth-order valence-electron chi connectivity index (χ4n) is 0.551. The average molecular weight is 221 g/mol. The van der Waals surface area contributed by atoms with Crippen LogP contribution in [-0.4, -0.2) is 12.2 Å². The highest BCUT2D eigenvalue weighted by atomic mass is 79.9. The Morgan fingerprint density at radius 1 is 1.64 bits per heavy atom. The van der Waals surface area contributed by atoms with Gasteiger partial charge in [-0.25, -0.2) is 0 Å². The molecule has 3 heteroatoms. The second-order valence-electron chi connectivity index (χ2n) is 2.10. The summed E-state index contributed by atoms with van der Waals surface area (Å²) in [5, 5.41) is 8.99. The SMILES string of the molecule is CC/C(=C\C(Br)=C(/C)O)OC. The molecule has 0 aromatic carbocycles. The molecule has 64 valence electrons. The summed E-state index contributed by atoms with van der Waals surface area (Å²) in [5.74, 6) is 1.10. The summed E-state index contributed by atoms with van der Waals surface area (Å²) in [6.07, 6.45) is 2.58. The predicted molar refractivity (Wildman–Crippen MR) is 49.6 cm³/mol. The molecule has 0 aromatic rings. The smallest absolute Gasteiger partial charge is 0.103 e. The van der Waals surface area contributed by atoms with E-state index >= 15 is 0 Å². The normalized spacial score (nSPS) is 14.4. The van der Waals surface area contributed by atoms with Crippen molar-refractivity contribution in [3.63, 3.8) is 0 Å². The van der Waals surface area contributed by atoms with Crippen molar-refractivity contribution in [1.29, 1.82) is 0 Å². The molecule has 0 atom stereocenters. The van der Waals surface area contributed by atoms with Gasteiger partial charge in [0.05, 0.1) is 17.4 Å². The first-order chi connectivity index (χ1) is 5.11. The standard InChI is InChI=1S/C8H13BrO2/c1-4-7(11-3)5-8(9)6(2)10/h5,10H,4H2,1-3H3/b7-5+,8-6-. The second-order valence-corrected chi connectivity index (χ2v) is 2.96. The van der Waals surface area contributed by atoms with Crippen LogP contribution in [0.1, 0.15) is 20.3 Å². The van der Waals surface area contributed by atoms with Crippen molar-refractivity contribution in [2.75, 3.05) is 7.11 Å². The van der Waals surface area contributed by atoms with Gasteiger partial charge in [-0.3, -0.25) is 0 Å². The summed E-state index contributed by atoms with van der Waals surface area (Å²) in [6.45, 7) is 3.60. The van der Waals surface area contributed by atoms with E-state index in [1.54, 1.807) is 20.1 Å². The zero-order chi connectivity index (χ0) is 8.85. The van der Waals surface area contributed by atoms with Gasteiger partial charge in [-0.05, 0) is 28.9 Å². The monoisotopic (exact) mass is 220 g/mol. The van der Waals surface area contributed by atoms with Crippen LogP contribution >= 0.6 is 15.9 Å². The molecule has 0 fully saturated rings. The molecule has 0 aliphatic carbocycles. The molecule has 0 aliphatic rings. The maximum absolute atomic E-state index is 8.99. The number of aliphatic hydroxyl groups is 1. The molecule has 0 amide bonds. The van der Waals surface area contributed by atoms with E-state index in [0.29, 0.717) is 4.48 Å². The Labute approximate surface area is 75.7 Å². The highest BCUT2D eigenvalue weighted by Gasteiger charge is 1.96. The quantitative estimate of drug-likeness (QED) is 0.586. The number of hydrogen-bond acceptors (Lipinski definition) is 2. The molecular formula is C8H13BrO2. The van der Waals surface area contributed by atoms with Crippen molar-refractivity contribution >= 4 is 15.9 Å². The second kappa shape index (κ2) is 5.24. The third-order valence-electron chi connectivity index (χ3n) is 1.24. The Morgan fingerprint density at radius 2 is 2.18 bits per heavy atom. The molecule has 0 saturated carbocycles. The Bertz CT molecular complexity index is 173. The molecule has 2 nitrogen and oxygen atoms in total. The molecule has 0 bridgehead atoms. The number of ether oxygens (including phenoxy) is 1. The van der Waals surface area contributed by atoms with E-state index in [0.717, 1.165) is 12.2 Å². The van der Waals surface area contributed by atoms with Crippen molar-refractivity contribution in [3.8, 4) is 0 Å². The van der Waals surface area contributed by atoms with Crippen LogP contribution < -0.4 is 0 Å². The molecule has 0 saturated heterocycles. The topological polar surface area (TPSA) is 29.5 Å². The molecule has 11 heavy (non-hydrogen) atoms. The molecule has 0 aromatic heterocycles. The number of allylic oxidation sites excluding steroid dienone is 4. The number of aliphatic hydroxyl groups excluding tert-OH is 1. The Morgan fingerprint density at radius 3 is 2.45 bits per heavy atom. The lowest BCUT2D eigenvalue weighted by Crippen LogP contribution is -1.85. The van der Waals surface area contributed by atoms with Gasteiger partial charge in [0.25, 0.3) is 0 Å². The molecule has 0 unspecified atom stereocenters. The fraction of sp³-hybridized carbons (Fsp3) is 0.500. The van der Waals surface area contributed by atoms with Crippen molar-refractivity contribution in [2.45, 2.75) is 20.3 Å². The predicted octanol–water partition coefficient (Wildman–Crippen LogP) is 3.11. The molecular weight excluding hydrogens is 208 g/mol. The zero-order valence-electron chi connectivity index (χ0n) is 7.02. The van der Waals surface area contributed by atoms with Gasteiger partial charge in [-0.2, -0.15) is 0 Å². The summed E-state index contributed by atoms with van der Waals surface area (Å²) in [7, 11) is 1.61. The summed E-state index contributed by atoms with van der Waals surface area (Å²) >= 11 is 3.20. The number of halogens is 1. The van der Waals surface area contributed by atoms with Gasteiger partial charge in [0.15, 0.2) is 0 Å². The van der Waals surface area contributed by atoms with E-state index in [1.807, 2.05) is 6.92 Å². The van der Waals surface area contributed by atoms with E-state index in [2.05, 4.69) is 15.9 Å². The number of hydrogen-bond donors (Lipinski definition) is 1. The van der Waals surface area contributed by atoms with Crippen molar-refractivity contribution < 1.29 is 9.84 Å². The van der Waals surface area contributed by atoms with Gasteiger partial charge in [0.1, 0.15) is 5.76 Å². The Hall–Kier alpha value is -0.440. The summed E-state index contributed by atoms with van der Waals surface area (Å²) < 4.78 is 5.67. The molecule has 0 rings (SSSR count). The zero-order valence-corrected chi connectivity index (χ0v) is 8.60. The van der Waals surface area contributed by atoms with Crippen molar-refractivity contribution in [2.24, 2.45) is 0 Å². The van der Waals surface area contributed by atoms with Gasteiger partial charge in [-0.1, -0.05) is 6.92 Å². The van der Waals surface area contributed by atoms with Crippen LogP contribution in [0.2, 0.25) is 0 Å². The highest BCUT2D eigenvalue weighted by Crippen LogP contribution is 2.15. The van der Waals surface area contributed by atoms with E-state index < -0.39 is 0 Å². The van der Waals surface area contributed by atoms with Crippen LogP contribution in [0.5, 0.6) is 0 Å². The van der Waals surface area contributed by atoms with Gasteiger partial charge in [0, 0.05) is 6.42 Å². The largest absolute Gasteiger partial charge is 0.511 e. The summed E-state index contributed by atoms with van der Waals surface area (Å²) in [5.41, 5.74) is 0. The fourth-order valence-corrected chi connectivity index (χ4v) is 0.806. The molecule has 0 heterocycles. The minimum absolute atomic E-state index is 0.257. The van der Waals surface area contributed by atoms with Gasteiger partial charge >= 0.3 is 0 Å². The Balaban J connectivity index is 4.39. The number of rotatable bonds is 3. The van der Waals surface area contributed by atoms with Gasteiger partial charge < -0.3 is 9.84 Å². The van der Waals surface area contributed by atoms with E-state index in [1.165, 1.54) is 0 Å². The van der Waals surface area contributed by atoms with Crippen LogP contribution in [0.4, 0.5) is 0 Å². The lowest BCUT2D eigenvalue weighted by molar-refractivity contribution is 0.280. The van der Waals surface area contributed by atoms with Gasteiger partial charge in [0.2, 0.25) is 0 Å². The maximum atomic E-state index is 8.99. The maximum Gasteiger partial charge on any atom is 0.103 e. The van der Waals surface area contributed by atoms with Crippen LogP contribution in [0.15, 0.2) is 22.1 Å². The minimum Gasteiger partial charge on any atom is -0.511 e. The summed E-state index contributed by atoms with van der Waals surface area (Å²) in [6, 6.07) is 0. The van der Waals surface area contributed by atoms with E-state index in [4.69, 9.17) is 9.84 Å². The first-order valence-corrected chi connectivity index (χ1v) is 4.21. The number of methoxy groups -OCH3 is 1. The Kier molecular flexibility index (Phi) is 5.03. The first-order valence-electron chi connectivity index (χ1n) is 3.41. The van der Waals surface area contributed by atoms with Crippen LogP contribution in [0.25, 0.3) is 0 Å². The van der Waals surface area contributed by atoms with E-state index in [-0.39, 0.29) is 5.76 Å². The third-order valence-corrected chi connectivity index (χ3v) is 2.05. The van der Waals surface area contributed by atoms with Crippen LogP contribution in [0, 0.1) is 0 Å². The van der Waals surface area contributed by atoms with Crippen molar-refractivity contribution in [3.05, 3.63) is 22.1 Å². The highest BCUT2D eigenvalue weighted by molar-refractivity contribution is 9.11. The van der Waals surface area contributed by atoms with Gasteiger partial charge in [-0.15, -0.1) is 0 Å². The average Bonchev–Trinajstić information content (AvgIpc) is 1.99.